The van der Waals surface area contributed by atoms with Gasteiger partial charge in [-0.1, -0.05) is 11.6 Å². The van der Waals surface area contributed by atoms with E-state index in [-0.39, 0.29) is 5.69 Å². The molecular weight excluding hydrogens is 270 g/mol. The van der Waals surface area contributed by atoms with Crippen molar-refractivity contribution in [2.45, 2.75) is 19.8 Å². The average molecular weight is 291 g/mol. The number of hydrogen-bond donors (Lipinski definition) is 2. The summed E-state index contributed by atoms with van der Waals surface area (Å²) in [6, 6.07) is 4.90. The van der Waals surface area contributed by atoms with Gasteiger partial charge in [0, 0.05) is 30.9 Å². The Morgan fingerprint density at radius 1 is 1.48 bits per heavy atom. The first-order valence-corrected chi connectivity index (χ1v) is 7.24. The van der Waals surface area contributed by atoms with Gasteiger partial charge in [0.25, 0.3) is 0 Å². The van der Waals surface area contributed by atoms with E-state index >= 15 is 0 Å². The number of ether oxygens (including phenoxy) is 1. The van der Waals surface area contributed by atoms with E-state index in [1.165, 1.54) is 11.6 Å². The lowest BCUT2D eigenvalue weighted by Gasteiger charge is -2.15. The molecular formula is C15H21N3O3. The van der Waals surface area contributed by atoms with Crippen molar-refractivity contribution < 1.29 is 9.66 Å². The molecule has 0 aliphatic carbocycles. The van der Waals surface area contributed by atoms with Crippen LogP contribution in [0.25, 0.3) is 0 Å². The Morgan fingerprint density at radius 2 is 2.33 bits per heavy atom. The van der Waals surface area contributed by atoms with Crippen molar-refractivity contribution in [3.05, 3.63) is 40.0 Å². The van der Waals surface area contributed by atoms with Gasteiger partial charge in [0.2, 0.25) is 0 Å². The summed E-state index contributed by atoms with van der Waals surface area (Å²) in [4.78, 5) is 10.5. The lowest BCUT2D eigenvalue weighted by atomic mass is 10.1. The molecule has 1 aromatic carbocycles. The van der Waals surface area contributed by atoms with Crippen molar-refractivity contribution in [1.29, 1.82) is 0 Å². The summed E-state index contributed by atoms with van der Waals surface area (Å²) in [5, 5.41) is 17.5. The summed E-state index contributed by atoms with van der Waals surface area (Å²) < 4.78 is 5.33. The second-order valence-corrected chi connectivity index (χ2v) is 4.87. The first-order valence-electron chi connectivity index (χ1n) is 7.24. The Hall–Kier alpha value is -2.08. The second-order valence-electron chi connectivity index (χ2n) is 4.87. The van der Waals surface area contributed by atoms with E-state index in [9.17, 15) is 10.1 Å². The van der Waals surface area contributed by atoms with Crippen LogP contribution in [-0.4, -0.2) is 31.2 Å². The Morgan fingerprint density at radius 3 is 3.00 bits per heavy atom. The lowest BCUT2D eigenvalue weighted by Crippen LogP contribution is -2.21. The molecule has 1 aromatic rings. The third-order valence-corrected chi connectivity index (χ3v) is 3.39. The fourth-order valence-electron chi connectivity index (χ4n) is 2.31. The fourth-order valence-corrected chi connectivity index (χ4v) is 2.31. The molecule has 0 unspecified atom stereocenters. The van der Waals surface area contributed by atoms with Gasteiger partial charge in [0.1, 0.15) is 0 Å². The van der Waals surface area contributed by atoms with Gasteiger partial charge in [-0.3, -0.25) is 10.1 Å². The Labute approximate surface area is 124 Å². The van der Waals surface area contributed by atoms with Gasteiger partial charge in [0.05, 0.1) is 11.5 Å². The third kappa shape index (κ3) is 4.46. The van der Waals surface area contributed by atoms with E-state index in [0.717, 1.165) is 38.2 Å². The maximum Gasteiger partial charge on any atom is 0.311 e. The van der Waals surface area contributed by atoms with Crippen LogP contribution in [0, 0.1) is 10.1 Å². The van der Waals surface area contributed by atoms with Crippen LogP contribution in [-0.2, 0) is 0 Å². The molecule has 2 rings (SSSR count). The van der Waals surface area contributed by atoms with E-state index in [0.29, 0.717) is 12.4 Å². The van der Waals surface area contributed by atoms with E-state index in [4.69, 9.17) is 4.74 Å². The lowest BCUT2D eigenvalue weighted by molar-refractivity contribution is -0.385. The van der Waals surface area contributed by atoms with Crippen molar-refractivity contribution in [1.82, 2.24) is 5.32 Å². The first kappa shape index (κ1) is 15.3. The number of nitro benzene ring substituents is 1. The highest BCUT2D eigenvalue weighted by Gasteiger charge is 2.15. The van der Waals surface area contributed by atoms with Crippen molar-refractivity contribution in [3.63, 3.8) is 0 Å². The number of benzene rings is 1. The quantitative estimate of drug-likeness (QED) is 0.459. The molecule has 6 nitrogen and oxygen atoms in total. The molecule has 0 atom stereocenters. The monoisotopic (exact) mass is 291 g/mol. The fraction of sp³-hybridized carbons (Fsp3) is 0.467. The predicted octanol–water partition coefficient (Wildman–Crippen LogP) is 2.72. The molecule has 0 saturated heterocycles. The largest absolute Gasteiger partial charge is 0.487 e. The predicted molar refractivity (Wildman–Crippen MR) is 82.9 cm³/mol. The summed E-state index contributed by atoms with van der Waals surface area (Å²) >= 11 is 0. The minimum atomic E-state index is -0.422. The van der Waals surface area contributed by atoms with Crippen LogP contribution >= 0.6 is 0 Å². The summed E-state index contributed by atoms with van der Waals surface area (Å²) in [7, 11) is 0. The van der Waals surface area contributed by atoms with Gasteiger partial charge < -0.3 is 15.4 Å². The number of anilines is 1. The van der Waals surface area contributed by atoms with Gasteiger partial charge in [0.15, 0.2) is 5.75 Å². The van der Waals surface area contributed by atoms with Crippen LogP contribution in [0.15, 0.2) is 29.8 Å². The summed E-state index contributed by atoms with van der Waals surface area (Å²) in [5.74, 6) is 0.314. The topological polar surface area (TPSA) is 76.4 Å². The molecule has 0 fully saturated rings. The second kappa shape index (κ2) is 7.64. The minimum Gasteiger partial charge on any atom is -0.487 e. The molecule has 0 radical (unpaired) electrons. The summed E-state index contributed by atoms with van der Waals surface area (Å²) in [6.45, 7) is 5.02. The van der Waals surface area contributed by atoms with Crippen LogP contribution in [0.2, 0.25) is 0 Å². The summed E-state index contributed by atoms with van der Waals surface area (Å²) in [5.41, 5.74) is 2.30. The van der Waals surface area contributed by atoms with Crippen molar-refractivity contribution in [3.8, 4) is 5.75 Å². The molecule has 1 aliphatic rings. The molecule has 21 heavy (non-hydrogen) atoms. The Balaban J connectivity index is 1.95. The van der Waals surface area contributed by atoms with Gasteiger partial charge in [-0.2, -0.15) is 0 Å². The molecule has 0 amide bonds. The van der Waals surface area contributed by atoms with E-state index in [1.807, 2.05) is 6.92 Å². The standard InChI is InChI=1S/C15H21N3O3/c1-2-21-15-11-13(3-4-14(15)18(19)20)17-10-7-12-5-8-16-9-6-12/h3-5,11,16-17H,2,6-10H2,1H3. The van der Waals surface area contributed by atoms with Crippen molar-refractivity contribution >= 4 is 11.4 Å². The Kier molecular flexibility index (Phi) is 5.57. The number of rotatable bonds is 7. The maximum absolute atomic E-state index is 10.9. The van der Waals surface area contributed by atoms with Crippen LogP contribution in [0.1, 0.15) is 19.8 Å². The van der Waals surface area contributed by atoms with Crippen LogP contribution in [0.5, 0.6) is 5.75 Å². The van der Waals surface area contributed by atoms with E-state index in [2.05, 4.69) is 16.7 Å². The molecule has 6 heteroatoms. The smallest absolute Gasteiger partial charge is 0.311 e. The van der Waals surface area contributed by atoms with Crippen molar-refractivity contribution in [2.75, 3.05) is 31.6 Å². The van der Waals surface area contributed by atoms with Gasteiger partial charge in [-0.25, -0.2) is 0 Å². The zero-order valence-electron chi connectivity index (χ0n) is 12.2. The van der Waals surface area contributed by atoms with Crippen LogP contribution in [0.3, 0.4) is 0 Å². The molecule has 0 spiro atoms. The maximum atomic E-state index is 10.9. The van der Waals surface area contributed by atoms with E-state index < -0.39 is 4.92 Å². The average Bonchev–Trinajstić information content (AvgIpc) is 2.49. The third-order valence-electron chi connectivity index (χ3n) is 3.39. The number of hydrogen-bond acceptors (Lipinski definition) is 5. The molecule has 0 saturated carbocycles. The van der Waals surface area contributed by atoms with Crippen LogP contribution in [0.4, 0.5) is 11.4 Å². The van der Waals surface area contributed by atoms with Crippen molar-refractivity contribution in [2.24, 2.45) is 0 Å². The molecule has 0 bridgehead atoms. The zero-order valence-corrected chi connectivity index (χ0v) is 12.2. The molecule has 1 aliphatic heterocycles. The Bertz CT molecular complexity index is 529. The molecule has 114 valence electrons. The SMILES string of the molecule is CCOc1cc(NCCC2=CCNCC2)ccc1[N+](=O)[O-]. The normalized spacial score (nSPS) is 14.4. The molecule has 0 aromatic heterocycles. The zero-order chi connectivity index (χ0) is 15.1. The highest BCUT2D eigenvalue weighted by Crippen LogP contribution is 2.30. The van der Waals surface area contributed by atoms with Gasteiger partial charge in [-0.15, -0.1) is 0 Å². The molecule has 2 N–H and O–H groups in total. The number of nitro groups is 1. The minimum absolute atomic E-state index is 0.00321. The van der Waals surface area contributed by atoms with Gasteiger partial charge >= 0.3 is 5.69 Å². The highest BCUT2D eigenvalue weighted by atomic mass is 16.6. The number of nitrogens with zero attached hydrogens (tertiary/aromatic N) is 1. The summed E-state index contributed by atoms with van der Waals surface area (Å²) in [6.07, 6.45) is 4.31. The number of nitrogens with one attached hydrogen (secondary N) is 2. The van der Waals surface area contributed by atoms with Crippen LogP contribution < -0.4 is 15.4 Å². The highest BCUT2D eigenvalue weighted by molar-refractivity contribution is 5.58. The first-order chi connectivity index (χ1) is 10.2. The van der Waals surface area contributed by atoms with Gasteiger partial charge in [-0.05, 0) is 32.4 Å². The van der Waals surface area contributed by atoms with E-state index in [1.54, 1.807) is 12.1 Å². The molecule has 1 heterocycles.